The summed E-state index contributed by atoms with van der Waals surface area (Å²) in [6.45, 7) is 3.26. The summed E-state index contributed by atoms with van der Waals surface area (Å²) in [6, 6.07) is 21.5. The first-order chi connectivity index (χ1) is 22.0. The average Bonchev–Trinajstić information content (AvgIpc) is 3.05. The van der Waals surface area contributed by atoms with Gasteiger partial charge in [0.1, 0.15) is 22.9 Å². The summed E-state index contributed by atoms with van der Waals surface area (Å²) in [5.74, 6) is -0.178. The molecule has 0 aliphatic heterocycles. The van der Waals surface area contributed by atoms with Gasteiger partial charge in [0.2, 0.25) is 5.91 Å². The third-order valence-corrected chi connectivity index (χ3v) is 7.87. The number of aliphatic hydroxyl groups excluding tert-OH is 1. The van der Waals surface area contributed by atoms with E-state index in [4.69, 9.17) is 9.47 Å². The first kappa shape index (κ1) is 34.3. The van der Waals surface area contributed by atoms with Crippen LogP contribution in [-0.4, -0.2) is 65.5 Å². The van der Waals surface area contributed by atoms with Crippen LogP contribution >= 0.6 is 0 Å². The number of carbonyl (C=O) groups is 2. The van der Waals surface area contributed by atoms with Crippen LogP contribution in [0.5, 0.6) is 11.5 Å². The van der Waals surface area contributed by atoms with Gasteiger partial charge in [-0.1, -0.05) is 42.5 Å². The first-order valence-corrected chi connectivity index (χ1v) is 15.5. The minimum absolute atomic E-state index is 0.0239. The Hall–Kier alpha value is -4.57. The largest absolute Gasteiger partial charge is 0.497 e. The van der Waals surface area contributed by atoms with Crippen molar-refractivity contribution in [3.05, 3.63) is 95.8 Å². The molecule has 0 fully saturated rings. The molecule has 244 valence electrons. The molecule has 0 aliphatic carbocycles. The maximum Gasteiger partial charge on any atom is 0.271 e. The van der Waals surface area contributed by atoms with Gasteiger partial charge in [-0.25, -0.2) is 9.37 Å². The molecule has 4 rings (SSSR count). The van der Waals surface area contributed by atoms with Gasteiger partial charge in [-0.15, -0.1) is 0 Å². The lowest BCUT2D eigenvalue weighted by atomic mass is 9.87. The van der Waals surface area contributed by atoms with E-state index in [1.54, 1.807) is 26.4 Å². The van der Waals surface area contributed by atoms with Crippen LogP contribution in [0.15, 0.2) is 79.0 Å². The van der Waals surface area contributed by atoms with E-state index in [9.17, 15) is 19.1 Å². The number of benzene rings is 3. The molecule has 0 bridgehead atoms. The van der Waals surface area contributed by atoms with E-state index in [1.807, 2.05) is 60.7 Å². The molecule has 0 spiro atoms. The lowest BCUT2D eigenvalue weighted by Crippen LogP contribution is -2.47. The SMILES string of the molecule is COc1cc(CCNC(=O)[C@H](CCC(C)(C)F)C[C@H](O)[C@H](Cc2ccccc2)NC(=O)c2cnc3ccccc3n2)cc(OC)c1. The Bertz CT molecular complexity index is 1570. The van der Waals surface area contributed by atoms with E-state index in [-0.39, 0.29) is 30.9 Å². The second kappa shape index (κ2) is 16.1. The minimum Gasteiger partial charge on any atom is -0.497 e. The summed E-state index contributed by atoms with van der Waals surface area (Å²) in [7, 11) is 3.15. The predicted molar refractivity (Wildman–Crippen MR) is 176 cm³/mol. The molecule has 3 N–H and O–H groups in total. The maximum atomic E-state index is 14.6. The number of nitrogens with one attached hydrogen (secondary N) is 2. The Kier molecular flexibility index (Phi) is 12.0. The number of amides is 2. The number of para-hydroxylation sites is 2. The number of methoxy groups -OCH3 is 2. The number of hydrogen-bond acceptors (Lipinski definition) is 7. The van der Waals surface area contributed by atoms with Crippen molar-refractivity contribution in [1.29, 1.82) is 0 Å². The van der Waals surface area contributed by atoms with Gasteiger partial charge < -0.3 is 25.2 Å². The van der Waals surface area contributed by atoms with Gasteiger partial charge in [-0.2, -0.15) is 0 Å². The van der Waals surface area contributed by atoms with Crippen molar-refractivity contribution >= 4 is 22.8 Å². The number of hydrogen-bond donors (Lipinski definition) is 3. The van der Waals surface area contributed by atoms with Gasteiger partial charge in [0.05, 0.1) is 43.6 Å². The van der Waals surface area contributed by atoms with Crippen LogP contribution in [-0.2, 0) is 17.6 Å². The first-order valence-electron chi connectivity index (χ1n) is 15.5. The monoisotopic (exact) mass is 630 g/mol. The van der Waals surface area contributed by atoms with E-state index in [0.29, 0.717) is 41.9 Å². The van der Waals surface area contributed by atoms with E-state index >= 15 is 0 Å². The quantitative estimate of drug-likeness (QED) is 0.155. The number of carbonyl (C=O) groups excluding carboxylic acids is 2. The zero-order chi connectivity index (χ0) is 33.1. The van der Waals surface area contributed by atoms with E-state index in [0.717, 1.165) is 11.1 Å². The summed E-state index contributed by atoms with van der Waals surface area (Å²) >= 11 is 0. The molecule has 0 saturated carbocycles. The van der Waals surface area contributed by atoms with Gasteiger partial charge in [-0.3, -0.25) is 14.6 Å². The van der Waals surface area contributed by atoms with Crippen molar-refractivity contribution in [2.24, 2.45) is 5.92 Å². The van der Waals surface area contributed by atoms with Crippen LogP contribution in [0.2, 0.25) is 0 Å². The number of rotatable bonds is 16. The highest BCUT2D eigenvalue weighted by Gasteiger charge is 2.30. The number of halogens is 1. The van der Waals surface area contributed by atoms with Crippen molar-refractivity contribution in [2.75, 3.05) is 20.8 Å². The highest BCUT2D eigenvalue weighted by molar-refractivity contribution is 5.94. The van der Waals surface area contributed by atoms with Crippen molar-refractivity contribution in [1.82, 2.24) is 20.6 Å². The third-order valence-electron chi connectivity index (χ3n) is 7.87. The number of fused-ring (bicyclic) bond motifs is 1. The van der Waals surface area contributed by atoms with Crippen LogP contribution in [0.3, 0.4) is 0 Å². The Morgan fingerprint density at radius 2 is 1.59 bits per heavy atom. The zero-order valence-corrected chi connectivity index (χ0v) is 26.8. The summed E-state index contributed by atoms with van der Waals surface area (Å²) in [5, 5.41) is 17.4. The summed E-state index contributed by atoms with van der Waals surface area (Å²) in [5.41, 5.74) is 1.68. The van der Waals surface area contributed by atoms with E-state index < -0.39 is 29.6 Å². The van der Waals surface area contributed by atoms with E-state index in [2.05, 4.69) is 20.6 Å². The molecule has 1 aromatic heterocycles. The fourth-order valence-corrected chi connectivity index (χ4v) is 5.27. The molecule has 0 aliphatic rings. The minimum atomic E-state index is -1.49. The second-order valence-corrected chi connectivity index (χ2v) is 12.0. The second-order valence-electron chi connectivity index (χ2n) is 12.0. The summed E-state index contributed by atoms with van der Waals surface area (Å²) in [6.07, 6.45) is 1.50. The molecule has 0 radical (unpaired) electrons. The third kappa shape index (κ3) is 10.2. The smallest absolute Gasteiger partial charge is 0.271 e. The van der Waals surface area contributed by atoms with Crippen LogP contribution in [0.25, 0.3) is 11.0 Å². The molecule has 4 aromatic rings. The van der Waals surface area contributed by atoms with Gasteiger partial charge >= 0.3 is 0 Å². The standard InChI is InChI=1S/C36H43FN4O5/c1-36(2,37)16-14-26(34(43)38-17-15-25-18-27(45-3)22-28(19-25)46-4)21-33(42)31(20-24-10-6-5-7-11-24)41-35(44)32-23-39-29-12-8-9-13-30(29)40-32/h5-13,18-19,22-23,26,31,33,42H,14-17,20-21H2,1-4H3,(H,38,43)(H,41,44)/t26-,31+,33+/m1/s1. The lowest BCUT2D eigenvalue weighted by Gasteiger charge is -2.28. The fraction of sp³-hybridized carbons (Fsp3) is 0.389. The number of aliphatic hydroxyl groups is 1. The van der Waals surface area contributed by atoms with E-state index in [1.165, 1.54) is 20.0 Å². The normalized spacial score (nSPS) is 13.4. The van der Waals surface area contributed by atoms with Crippen LogP contribution in [0.4, 0.5) is 4.39 Å². The van der Waals surface area contributed by atoms with Gasteiger partial charge in [-0.05, 0) is 81.3 Å². The predicted octanol–water partition coefficient (Wildman–Crippen LogP) is 5.24. The maximum absolute atomic E-state index is 14.6. The number of aromatic nitrogens is 2. The topological polar surface area (TPSA) is 123 Å². The molecule has 3 aromatic carbocycles. The molecule has 10 heteroatoms. The molecule has 0 saturated heterocycles. The fourth-order valence-electron chi connectivity index (χ4n) is 5.27. The van der Waals surface area contributed by atoms with Crippen LogP contribution < -0.4 is 20.1 Å². The Morgan fingerprint density at radius 3 is 2.24 bits per heavy atom. The van der Waals surface area contributed by atoms with Crippen molar-refractivity contribution in [2.45, 2.75) is 63.8 Å². The highest BCUT2D eigenvalue weighted by Crippen LogP contribution is 2.25. The van der Waals surface area contributed by atoms with Gasteiger partial charge in [0.25, 0.3) is 5.91 Å². The number of ether oxygens (including phenoxy) is 2. The number of nitrogens with zero attached hydrogens (tertiary/aromatic N) is 2. The van der Waals surface area contributed by atoms with Crippen molar-refractivity contribution in [3.8, 4) is 11.5 Å². The van der Waals surface area contributed by atoms with Crippen LogP contribution in [0, 0.1) is 5.92 Å². The van der Waals surface area contributed by atoms with Crippen molar-refractivity contribution < 1.29 is 28.6 Å². The molecule has 3 atom stereocenters. The highest BCUT2D eigenvalue weighted by atomic mass is 19.1. The Labute approximate surface area is 269 Å². The summed E-state index contributed by atoms with van der Waals surface area (Å²) in [4.78, 5) is 35.6. The van der Waals surface area contributed by atoms with Crippen molar-refractivity contribution in [3.63, 3.8) is 0 Å². The Morgan fingerprint density at radius 1 is 0.935 bits per heavy atom. The average molecular weight is 631 g/mol. The lowest BCUT2D eigenvalue weighted by molar-refractivity contribution is -0.126. The Balaban J connectivity index is 1.49. The van der Waals surface area contributed by atoms with Crippen LogP contribution in [0.1, 0.15) is 54.7 Å². The molecule has 0 unspecified atom stereocenters. The zero-order valence-electron chi connectivity index (χ0n) is 26.8. The van der Waals surface area contributed by atoms with Gasteiger partial charge in [0.15, 0.2) is 0 Å². The molecule has 46 heavy (non-hydrogen) atoms. The number of alkyl halides is 1. The molecular formula is C36H43FN4O5. The summed E-state index contributed by atoms with van der Waals surface area (Å²) < 4.78 is 25.3. The molecular weight excluding hydrogens is 587 g/mol. The molecule has 9 nitrogen and oxygen atoms in total. The molecule has 1 heterocycles. The molecule has 2 amide bonds. The van der Waals surface area contributed by atoms with Gasteiger partial charge in [0, 0.05) is 18.5 Å².